The second kappa shape index (κ2) is 6.74. The summed E-state index contributed by atoms with van der Waals surface area (Å²) in [6.07, 6.45) is 2.00. The van der Waals surface area contributed by atoms with Gasteiger partial charge in [-0.3, -0.25) is 24.0 Å². The van der Waals surface area contributed by atoms with Gasteiger partial charge in [-0.2, -0.15) is 11.3 Å². The summed E-state index contributed by atoms with van der Waals surface area (Å²) in [6, 6.07) is 2.26. The van der Waals surface area contributed by atoms with Crippen molar-refractivity contribution in [2.24, 2.45) is 0 Å². The SMILES string of the molecule is CCn1c(N)c(C(=O)CN2CCC[C@@H]2c2ccsc2)c(=O)[nH]c1=O. The van der Waals surface area contributed by atoms with Gasteiger partial charge >= 0.3 is 5.69 Å². The molecule has 3 N–H and O–H groups in total. The molecule has 2 aromatic heterocycles. The number of likely N-dealkylation sites (tertiary alicyclic amines) is 1. The van der Waals surface area contributed by atoms with Gasteiger partial charge in [0.2, 0.25) is 0 Å². The number of nitrogens with zero attached hydrogens (tertiary/aromatic N) is 2. The van der Waals surface area contributed by atoms with Crippen molar-refractivity contribution in [1.29, 1.82) is 0 Å². The minimum absolute atomic E-state index is 0.0532. The van der Waals surface area contributed by atoms with Crippen molar-refractivity contribution in [3.05, 3.63) is 48.8 Å². The second-order valence-corrected chi connectivity index (χ2v) is 6.65. The number of aromatic nitrogens is 2. The third-order valence-electron chi connectivity index (χ3n) is 4.47. The van der Waals surface area contributed by atoms with Crippen LogP contribution in [0.5, 0.6) is 0 Å². The highest BCUT2D eigenvalue weighted by Gasteiger charge is 2.29. The number of ketones is 1. The van der Waals surface area contributed by atoms with E-state index in [1.165, 1.54) is 10.1 Å². The molecule has 0 amide bonds. The van der Waals surface area contributed by atoms with E-state index in [0.29, 0.717) is 6.54 Å². The zero-order valence-electron chi connectivity index (χ0n) is 13.4. The van der Waals surface area contributed by atoms with Crippen LogP contribution in [0.1, 0.15) is 41.7 Å². The van der Waals surface area contributed by atoms with Gasteiger partial charge in [0.1, 0.15) is 11.4 Å². The maximum atomic E-state index is 12.7. The average molecular weight is 348 g/mol. The van der Waals surface area contributed by atoms with Crippen molar-refractivity contribution in [1.82, 2.24) is 14.5 Å². The summed E-state index contributed by atoms with van der Waals surface area (Å²) in [6.45, 7) is 2.95. The normalized spacial score (nSPS) is 18.1. The molecule has 0 aliphatic carbocycles. The molecule has 128 valence electrons. The lowest BCUT2D eigenvalue weighted by atomic mass is 10.1. The van der Waals surface area contributed by atoms with Crippen LogP contribution in [0.25, 0.3) is 0 Å². The number of hydrogen-bond donors (Lipinski definition) is 2. The minimum atomic E-state index is -0.710. The van der Waals surface area contributed by atoms with E-state index in [1.807, 2.05) is 5.38 Å². The van der Waals surface area contributed by atoms with Gasteiger partial charge in [-0.15, -0.1) is 0 Å². The molecule has 0 radical (unpaired) electrons. The van der Waals surface area contributed by atoms with Crippen LogP contribution in [0.15, 0.2) is 26.4 Å². The van der Waals surface area contributed by atoms with Crippen LogP contribution >= 0.6 is 11.3 Å². The maximum absolute atomic E-state index is 12.7. The van der Waals surface area contributed by atoms with Gasteiger partial charge in [0.05, 0.1) is 6.54 Å². The van der Waals surface area contributed by atoms with Gasteiger partial charge in [-0.05, 0) is 48.7 Å². The van der Waals surface area contributed by atoms with E-state index in [1.54, 1.807) is 18.3 Å². The number of aromatic amines is 1. The molecule has 1 fully saturated rings. The Bertz CT molecular complexity index is 853. The summed E-state index contributed by atoms with van der Waals surface area (Å²) >= 11 is 1.63. The fourth-order valence-electron chi connectivity index (χ4n) is 3.29. The summed E-state index contributed by atoms with van der Waals surface area (Å²) in [5.74, 6) is -0.402. The zero-order valence-corrected chi connectivity index (χ0v) is 14.3. The molecule has 1 atom stereocenters. The molecule has 0 bridgehead atoms. The highest BCUT2D eigenvalue weighted by Crippen LogP contribution is 2.32. The predicted molar refractivity (Wildman–Crippen MR) is 93.6 cm³/mol. The molecule has 24 heavy (non-hydrogen) atoms. The number of nitrogens with one attached hydrogen (secondary N) is 1. The topological polar surface area (TPSA) is 101 Å². The Kier molecular flexibility index (Phi) is 4.68. The quantitative estimate of drug-likeness (QED) is 0.791. The van der Waals surface area contributed by atoms with E-state index in [2.05, 4.69) is 21.3 Å². The zero-order chi connectivity index (χ0) is 17.3. The van der Waals surface area contributed by atoms with E-state index in [-0.39, 0.29) is 29.8 Å². The van der Waals surface area contributed by atoms with E-state index in [0.717, 1.165) is 19.4 Å². The Hall–Kier alpha value is -2.19. The number of carbonyl (C=O) groups is 1. The van der Waals surface area contributed by atoms with E-state index in [4.69, 9.17) is 5.73 Å². The summed E-state index contributed by atoms with van der Waals surface area (Å²) in [5, 5.41) is 4.11. The number of hydrogen-bond acceptors (Lipinski definition) is 6. The number of thiophene rings is 1. The second-order valence-electron chi connectivity index (χ2n) is 5.87. The number of H-pyrrole nitrogens is 1. The van der Waals surface area contributed by atoms with E-state index < -0.39 is 11.2 Å². The average Bonchev–Trinajstić information content (AvgIpc) is 3.17. The summed E-state index contributed by atoms with van der Waals surface area (Å²) < 4.78 is 1.20. The van der Waals surface area contributed by atoms with E-state index in [9.17, 15) is 14.4 Å². The lowest BCUT2D eigenvalue weighted by molar-refractivity contribution is 0.0920. The summed E-state index contributed by atoms with van der Waals surface area (Å²) in [5.41, 5.74) is 5.69. The van der Waals surface area contributed by atoms with Crippen molar-refractivity contribution < 1.29 is 4.79 Å². The molecule has 0 saturated carbocycles. The molecule has 2 aromatic rings. The summed E-state index contributed by atoms with van der Waals surface area (Å²) in [4.78, 5) is 40.7. The molecular weight excluding hydrogens is 328 g/mol. The molecule has 0 unspecified atom stereocenters. The van der Waals surface area contributed by atoms with Crippen LogP contribution < -0.4 is 17.0 Å². The van der Waals surface area contributed by atoms with Gasteiger partial charge in [0.25, 0.3) is 5.56 Å². The first kappa shape index (κ1) is 16.7. The molecule has 0 aromatic carbocycles. The number of rotatable bonds is 5. The third kappa shape index (κ3) is 2.94. The molecule has 3 rings (SSSR count). The van der Waals surface area contributed by atoms with Crippen LogP contribution in [0.4, 0.5) is 5.82 Å². The third-order valence-corrected chi connectivity index (χ3v) is 5.17. The number of Topliss-reactive ketones (excluding diaryl/α,β-unsaturated/α-hetero) is 1. The molecule has 1 saturated heterocycles. The van der Waals surface area contributed by atoms with Gasteiger partial charge in [-0.25, -0.2) is 4.79 Å². The van der Waals surface area contributed by atoms with Gasteiger partial charge in [0.15, 0.2) is 5.78 Å². The first-order valence-electron chi connectivity index (χ1n) is 7.94. The van der Waals surface area contributed by atoms with Gasteiger partial charge in [0, 0.05) is 12.6 Å². The fourth-order valence-corrected chi connectivity index (χ4v) is 4.00. The molecule has 0 spiro atoms. The minimum Gasteiger partial charge on any atom is -0.384 e. The molecule has 3 heterocycles. The van der Waals surface area contributed by atoms with Crippen molar-refractivity contribution in [3.63, 3.8) is 0 Å². The number of nitrogen functional groups attached to an aromatic ring is 1. The van der Waals surface area contributed by atoms with Crippen molar-refractivity contribution in [2.45, 2.75) is 32.4 Å². The Morgan fingerprint density at radius 1 is 1.46 bits per heavy atom. The summed E-state index contributed by atoms with van der Waals surface area (Å²) in [7, 11) is 0. The number of anilines is 1. The largest absolute Gasteiger partial charge is 0.384 e. The lowest BCUT2D eigenvalue weighted by Gasteiger charge is -2.23. The Morgan fingerprint density at radius 3 is 2.92 bits per heavy atom. The Labute approximate surface area is 142 Å². The van der Waals surface area contributed by atoms with E-state index >= 15 is 0 Å². The van der Waals surface area contributed by atoms with Gasteiger partial charge in [-0.1, -0.05) is 0 Å². The van der Waals surface area contributed by atoms with Crippen LogP contribution in [0.3, 0.4) is 0 Å². The number of carbonyl (C=O) groups excluding carboxylic acids is 1. The molecule has 7 nitrogen and oxygen atoms in total. The van der Waals surface area contributed by atoms with Crippen molar-refractivity contribution >= 4 is 22.9 Å². The monoisotopic (exact) mass is 348 g/mol. The molecular formula is C16H20N4O3S. The Morgan fingerprint density at radius 2 is 2.25 bits per heavy atom. The van der Waals surface area contributed by atoms with Gasteiger partial charge < -0.3 is 5.73 Å². The first-order valence-corrected chi connectivity index (χ1v) is 8.89. The van der Waals surface area contributed by atoms with Crippen molar-refractivity contribution in [2.75, 3.05) is 18.8 Å². The number of nitrogens with two attached hydrogens (primary N) is 1. The fraction of sp³-hybridized carbons (Fsp3) is 0.438. The highest BCUT2D eigenvalue weighted by molar-refractivity contribution is 7.07. The first-order chi connectivity index (χ1) is 11.5. The standard InChI is InChI=1S/C16H20N4O3S/c1-2-20-14(17)13(15(22)18-16(20)23)12(21)8-19-6-3-4-11(19)10-5-7-24-9-10/h5,7,9,11H,2-4,6,8,17H2,1H3,(H,18,22,23)/t11-/m1/s1. The highest BCUT2D eigenvalue weighted by atomic mass is 32.1. The predicted octanol–water partition coefficient (Wildman–Crippen LogP) is 1.22. The Balaban J connectivity index is 1.88. The maximum Gasteiger partial charge on any atom is 0.329 e. The van der Waals surface area contributed by atoms with Crippen LogP contribution in [0.2, 0.25) is 0 Å². The molecule has 8 heteroatoms. The lowest BCUT2D eigenvalue weighted by Crippen LogP contribution is -2.39. The van der Waals surface area contributed by atoms with Crippen LogP contribution in [0, 0.1) is 0 Å². The molecule has 1 aliphatic rings. The smallest absolute Gasteiger partial charge is 0.329 e. The van der Waals surface area contributed by atoms with Crippen LogP contribution in [-0.4, -0.2) is 33.3 Å². The molecule has 1 aliphatic heterocycles. The van der Waals surface area contributed by atoms with Crippen molar-refractivity contribution in [3.8, 4) is 0 Å². The van der Waals surface area contributed by atoms with Crippen LogP contribution in [-0.2, 0) is 6.54 Å².